The van der Waals surface area contributed by atoms with Crippen molar-refractivity contribution in [2.75, 3.05) is 18.0 Å². The van der Waals surface area contributed by atoms with E-state index in [9.17, 15) is 18.0 Å². The highest BCUT2D eigenvalue weighted by Gasteiger charge is 2.34. The zero-order chi connectivity index (χ0) is 30.3. The summed E-state index contributed by atoms with van der Waals surface area (Å²) in [5.74, 6) is -0.659. The molecule has 0 heterocycles. The Morgan fingerprint density at radius 1 is 0.951 bits per heavy atom. The second-order valence-corrected chi connectivity index (χ2v) is 12.4. The normalized spacial score (nSPS) is 12.8. The van der Waals surface area contributed by atoms with Gasteiger partial charge in [-0.05, 0) is 70.0 Å². The number of methoxy groups -OCH3 is 1. The molecule has 2 atom stereocenters. The molecule has 41 heavy (non-hydrogen) atoms. The van der Waals surface area contributed by atoms with E-state index in [4.69, 9.17) is 16.3 Å². The van der Waals surface area contributed by atoms with Crippen LogP contribution >= 0.6 is 11.6 Å². The number of carbonyl (C=O) groups is 2. The summed E-state index contributed by atoms with van der Waals surface area (Å²) in [5.41, 5.74) is 2.86. The highest BCUT2D eigenvalue weighted by Crippen LogP contribution is 2.35. The number of sulfonamides is 1. The van der Waals surface area contributed by atoms with Crippen LogP contribution in [0, 0.1) is 13.8 Å². The smallest absolute Gasteiger partial charge is 0.264 e. The van der Waals surface area contributed by atoms with Gasteiger partial charge in [0.25, 0.3) is 10.0 Å². The lowest BCUT2D eigenvalue weighted by Gasteiger charge is -2.33. The summed E-state index contributed by atoms with van der Waals surface area (Å²) >= 11 is 6.28. The van der Waals surface area contributed by atoms with Crippen LogP contribution in [0.25, 0.3) is 0 Å². The summed E-state index contributed by atoms with van der Waals surface area (Å²) in [5, 5.41) is 3.20. The molecule has 0 saturated heterocycles. The molecule has 0 aliphatic heterocycles. The molecule has 0 fully saturated rings. The summed E-state index contributed by atoms with van der Waals surface area (Å²) < 4.78 is 34.5. The summed E-state index contributed by atoms with van der Waals surface area (Å²) in [6.07, 6.45) is 0.724. The van der Waals surface area contributed by atoms with Crippen molar-refractivity contribution in [3.05, 3.63) is 88.4 Å². The Balaban J connectivity index is 2.09. The van der Waals surface area contributed by atoms with E-state index in [1.54, 1.807) is 31.2 Å². The van der Waals surface area contributed by atoms with Crippen molar-refractivity contribution < 1.29 is 22.7 Å². The quantitative estimate of drug-likeness (QED) is 0.297. The standard InChI is InChI=1S/C31H38ClN3O5S/c1-7-23(4)33-31(37)24(5)34(19-25-12-8-21(2)9-13-25)30(36)20-35(28-18-26(32)14-17-29(28)40-6)41(38,39)27-15-10-22(3)11-16-27/h8-18,23-24H,7,19-20H2,1-6H3,(H,33,37)/t23-,24+/m1/s1. The van der Waals surface area contributed by atoms with Gasteiger partial charge in [0, 0.05) is 17.6 Å². The van der Waals surface area contributed by atoms with E-state index in [0.29, 0.717) is 0 Å². The molecule has 8 nitrogen and oxygen atoms in total. The molecule has 0 radical (unpaired) electrons. The van der Waals surface area contributed by atoms with Crippen molar-refractivity contribution >= 4 is 39.1 Å². The number of rotatable bonds is 12. The number of hydrogen-bond donors (Lipinski definition) is 1. The second kappa shape index (κ2) is 13.9. The van der Waals surface area contributed by atoms with Gasteiger partial charge in [0.15, 0.2) is 0 Å². The number of carbonyl (C=O) groups excluding carboxylic acids is 2. The molecule has 220 valence electrons. The Hall–Kier alpha value is -3.56. The van der Waals surface area contributed by atoms with Gasteiger partial charge in [0.1, 0.15) is 18.3 Å². The van der Waals surface area contributed by atoms with Crippen molar-refractivity contribution in [2.24, 2.45) is 0 Å². The van der Waals surface area contributed by atoms with Crippen LogP contribution in [-0.4, -0.2) is 50.9 Å². The molecule has 3 aromatic carbocycles. The molecule has 3 rings (SSSR count). The third kappa shape index (κ3) is 8.01. The molecular formula is C31H38ClN3O5S. The fourth-order valence-electron chi connectivity index (χ4n) is 4.15. The van der Waals surface area contributed by atoms with Crippen molar-refractivity contribution in [1.82, 2.24) is 10.2 Å². The molecule has 2 amide bonds. The Morgan fingerprint density at radius 2 is 1.54 bits per heavy atom. The average molecular weight is 600 g/mol. The third-order valence-electron chi connectivity index (χ3n) is 6.94. The van der Waals surface area contributed by atoms with Gasteiger partial charge >= 0.3 is 0 Å². The molecule has 0 spiro atoms. The van der Waals surface area contributed by atoms with Gasteiger partial charge in [-0.15, -0.1) is 0 Å². The van der Waals surface area contributed by atoms with E-state index in [1.807, 2.05) is 52.0 Å². The first-order chi connectivity index (χ1) is 19.4. The number of amides is 2. The number of nitrogens with zero attached hydrogens (tertiary/aromatic N) is 2. The molecule has 0 aliphatic carbocycles. The highest BCUT2D eigenvalue weighted by atomic mass is 35.5. The average Bonchev–Trinajstić information content (AvgIpc) is 2.95. The lowest BCUT2D eigenvalue weighted by atomic mass is 10.1. The van der Waals surface area contributed by atoms with Crippen LogP contribution in [0.15, 0.2) is 71.6 Å². The van der Waals surface area contributed by atoms with Crippen LogP contribution in [0.3, 0.4) is 0 Å². The van der Waals surface area contributed by atoms with Crippen LogP contribution in [0.1, 0.15) is 43.9 Å². The predicted octanol–water partition coefficient (Wildman–Crippen LogP) is 5.49. The molecule has 10 heteroatoms. The van der Waals surface area contributed by atoms with Crippen LogP contribution in [0.2, 0.25) is 5.02 Å². The second-order valence-electron chi connectivity index (χ2n) is 10.1. The molecule has 0 unspecified atom stereocenters. The van der Waals surface area contributed by atoms with Crippen LogP contribution in [0.4, 0.5) is 5.69 Å². The van der Waals surface area contributed by atoms with Crippen LogP contribution in [0.5, 0.6) is 5.75 Å². The van der Waals surface area contributed by atoms with Gasteiger partial charge in [-0.1, -0.05) is 66.0 Å². The minimum absolute atomic E-state index is 0.00516. The largest absolute Gasteiger partial charge is 0.495 e. The SMILES string of the molecule is CC[C@@H](C)NC(=O)[C@H](C)N(Cc1ccc(C)cc1)C(=O)CN(c1cc(Cl)ccc1OC)S(=O)(=O)c1ccc(C)cc1. The molecule has 0 saturated carbocycles. The van der Waals surface area contributed by atoms with E-state index in [-0.39, 0.29) is 39.8 Å². The van der Waals surface area contributed by atoms with Crippen molar-refractivity contribution in [2.45, 2.75) is 64.6 Å². The van der Waals surface area contributed by atoms with E-state index < -0.39 is 28.5 Å². The van der Waals surface area contributed by atoms with Gasteiger partial charge in [-0.25, -0.2) is 8.42 Å². The number of anilines is 1. The molecule has 1 N–H and O–H groups in total. The zero-order valence-electron chi connectivity index (χ0n) is 24.3. The molecular weight excluding hydrogens is 562 g/mol. The van der Waals surface area contributed by atoms with Crippen LogP contribution in [-0.2, 0) is 26.2 Å². The summed E-state index contributed by atoms with van der Waals surface area (Å²) in [6, 6.07) is 17.6. The Labute approximate surface area is 248 Å². The van der Waals surface area contributed by atoms with Gasteiger partial charge in [0.05, 0.1) is 17.7 Å². The van der Waals surface area contributed by atoms with E-state index >= 15 is 0 Å². The number of hydrogen-bond acceptors (Lipinski definition) is 5. The first-order valence-electron chi connectivity index (χ1n) is 13.5. The van der Waals surface area contributed by atoms with Crippen molar-refractivity contribution in [1.29, 1.82) is 0 Å². The number of halogens is 1. The molecule has 0 aromatic heterocycles. The number of ether oxygens (including phenoxy) is 1. The topological polar surface area (TPSA) is 96.0 Å². The van der Waals surface area contributed by atoms with Gasteiger partial charge in [0.2, 0.25) is 11.8 Å². The number of aryl methyl sites for hydroxylation is 2. The van der Waals surface area contributed by atoms with E-state index in [0.717, 1.165) is 27.4 Å². The third-order valence-corrected chi connectivity index (χ3v) is 8.95. The van der Waals surface area contributed by atoms with Gasteiger partial charge < -0.3 is 15.0 Å². The monoisotopic (exact) mass is 599 g/mol. The fourth-order valence-corrected chi connectivity index (χ4v) is 5.73. The zero-order valence-corrected chi connectivity index (χ0v) is 25.9. The van der Waals surface area contributed by atoms with Crippen molar-refractivity contribution in [3.8, 4) is 5.75 Å². The van der Waals surface area contributed by atoms with Gasteiger partial charge in [-0.2, -0.15) is 0 Å². The first-order valence-corrected chi connectivity index (χ1v) is 15.3. The highest BCUT2D eigenvalue weighted by molar-refractivity contribution is 7.92. The predicted molar refractivity (Wildman–Crippen MR) is 163 cm³/mol. The fraction of sp³-hybridized carbons (Fsp3) is 0.355. The van der Waals surface area contributed by atoms with Crippen molar-refractivity contribution in [3.63, 3.8) is 0 Å². The molecule has 3 aromatic rings. The maximum absolute atomic E-state index is 14.1. The summed E-state index contributed by atoms with van der Waals surface area (Å²) in [7, 11) is -2.84. The minimum atomic E-state index is -4.25. The lowest BCUT2D eigenvalue weighted by molar-refractivity contribution is -0.139. The molecule has 0 aliphatic rings. The van der Waals surface area contributed by atoms with E-state index in [1.165, 1.54) is 30.2 Å². The van der Waals surface area contributed by atoms with E-state index in [2.05, 4.69) is 5.32 Å². The molecule has 0 bridgehead atoms. The number of benzene rings is 3. The Kier molecular flexibility index (Phi) is 10.8. The number of nitrogens with one attached hydrogen (secondary N) is 1. The first kappa shape index (κ1) is 32.0. The minimum Gasteiger partial charge on any atom is -0.495 e. The lowest BCUT2D eigenvalue weighted by Crippen LogP contribution is -2.52. The Bertz CT molecular complexity index is 1460. The van der Waals surface area contributed by atoms with Gasteiger partial charge in [-0.3, -0.25) is 13.9 Å². The summed E-state index contributed by atoms with van der Waals surface area (Å²) in [4.78, 5) is 28.7. The maximum atomic E-state index is 14.1. The Morgan fingerprint density at radius 3 is 2.10 bits per heavy atom. The van der Waals surface area contributed by atoms with Crippen LogP contribution < -0.4 is 14.4 Å². The summed E-state index contributed by atoms with van der Waals surface area (Å²) in [6.45, 7) is 8.82. The maximum Gasteiger partial charge on any atom is 0.264 e.